The number of amides is 3. The van der Waals surface area contributed by atoms with Crippen molar-refractivity contribution in [2.75, 3.05) is 26.2 Å². The zero-order valence-corrected chi connectivity index (χ0v) is 13.7. The fraction of sp³-hybridized carbons (Fsp3) is 0.357. The van der Waals surface area contributed by atoms with Gasteiger partial charge in [-0.25, -0.2) is 13.6 Å². The summed E-state index contributed by atoms with van der Waals surface area (Å²) < 4.78 is 22.3. The fourth-order valence-electron chi connectivity index (χ4n) is 2.23. The third-order valence-electron chi connectivity index (χ3n) is 3.65. The van der Waals surface area contributed by atoms with Crippen LogP contribution in [-0.2, 0) is 31.0 Å². The minimum atomic E-state index is -3.76. The van der Waals surface area contributed by atoms with E-state index in [1.807, 2.05) is 0 Å². The lowest BCUT2D eigenvalue weighted by Gasteiger charge is -2.31. The third kappa shape index (κ3) is 4.52. The summed E-state index contributed by atoms with van der Waals surface area (Å²) in [6.45, 7) is 1.51. The van der Waals surface area contributed by atoms with Crippen LogP contribution in [0.2, 0.25) is 0 Å². The molecule has 130 valence electrons. The number of carbonyl (C=O) groups excluding carboxylic acids is 3. The monoisotopic (exact) mass is 354 g/mol. The van der Waals surface area contributed by atoms with Gasteiger partial charge in [0, 0.05) is 32.7 Å². The first-order valence-corrected chi connectivity index (χ1v) is 8.74. The number of carbonyl (C=O) groups is 3. The lowest BCUT2D eigenvalue weighted by atomic mass is 10.2. The maximum Gasteiger partial charge on any atom is 0.312 e. The Balaban J connectivity index is 1.86. The second-order valence-corrected chi connectivity index (χ2v) is 6.87. The van der Waals surface area contributed by atoms with Crippen LogP contribution in [0.1, 0.15) is 5.56 Å². The molecule has 9 nitrogen and oxygen atoms in total. The van der Waals surface area contributed by atoms with Gasteiger partial charge in [0.15, 0.2) is 0 Å². The molecule has 1 aromatic carbocycles. The quantitative estimate of drug-likeness (QED) is 0.489. The number of hydrogen-bond donors (Lipinski definition) is 2. The summed E-state index contributed by atoms with van der Waals surface area (Å²) in [6.07, 6.45) is 0.715. The van der Waals surface area contributed by atoms with Crippen molar-refractivity contribution < 1.29 is 22.8 Å². The molecule has 0 bridgehead atoms. The van der Waals surface area contributed by atoms with Crippen molar-refractivity contribution in [3.8, 4) is 0 Å². The van der Waals surface area contributed by atoms with Crippen LogP contribution < -0.4 is 10.5 Å². The van der Waals surface area contributed by atoms with Gasteiger partial charge in [-0.15, -0.1) is 0 Å². The number of rotatable bonds is 4. The molecule has 1 aromatic rings. The molecule has 0 spiro atoms. The molecule has 1 heterocycles. The third-order valence-corrected chi connectivity index (χ3v) is 4.58. The highest BCUT2D eigenvalue weighted by molar-refractivity contribution is 7.89. The van der Waals surface area contributed by atoms with Gasteiger partial charge in [0.2, 0.25) is 16.4 Å². The van der Waals surface area contributed by atoms with Crippen LogP contribution >= 0.6 is 0 Å². The van der Waals surface area contributed by atoms with Gasteiger partial charge in [-0.3, -0.25) is 14.4 Å². The molecule has 0 aliphatic carbocycles. The van der Waals surface area contributed by atoms with Gasteiger partial charge in [-0.2, -0.15) is 0 Å². The normalized spacial score (nSPS) is 15.0. The number of nitrogens with zero attached hydrogens (tertiary/aromatic N) is 2. The second-order valence-electron chi connectivity index (χ2n) is 5.31. The number of nitrogens with one attached hydrogen (secondary N) is 1. The summed E-state index contributed by atoms with van der Waals surface area (Å²) in [6, 6.07) is 5.68. The van der Waals surface area contributed by atoms with Crippen LogP contribution in [0, 0.1) is 0 Å². The van der Waals surface area contributed by atoms with E-state index in [4.69, 9.17) is 5.14 Å². The smallest absolute Gasteiger partial charge is 0.312 e. The Hall–Kier alpha value is -2.46. The predicted octanol–water partition coefficient (Wildman–Crippen LogP) is -1.75. The molecule has 24 heavy (non-hydrogen) atoms. The maximum atomic E-state index is 12.0. The van der Waals surface area contributed by atoms with Gasteiger partial charge in [-0.05, 0) is 17.7 Å². The molecule has 1 aliphatic rings. The zero-order chi connectivity index (χ0) is 17.7. The average molecular weight is 354 g/mol. The van der Waals surface area contributed by atoms with Crippen LogP contribution in [0.25, 0.3) is 0 Å². The first-order chi connectivity index (χ1) is 11.3. The summed E-state index contributed by atoms with van der Waals surface area (Å²) in [5.41, 5.74) is 0.634. The van der Waals surface area contributed by atoms with E-state index in [2.05, 4.69) is 5.32 Å². The van der Waals surface area contributed by atoms with Crippen molar-refractivity contribution in [2.45, 2.75) is 11.4 Å². The summed E-state index contributed by atoms with van der Waals surface area (Å²) >= 11 is 0. The second kappa shape index (κ2) is 7.41. The lowest BCUT2D eigenvalue weighted by molar-refractivity contribution is -0.147. The molecule has 0 unspecified atom stereocenters. The fourth-order valence-corrected chi connectivity index (χ4v) is 2.74. The summed E-state index contributed by atoms with van der Waals surface area (Å²) in [4.78, 5) is 37.4. The van der Waals surface area contributed by atoms with E-state index in [9.17, 15) is 22.8 Å². The first-order valence-electron chi connectivity index (χ1n) is 7.19. The Labute approximate surface area is 139 Å². The van der Waals surface area contributed by atoms with Crippen molar-refractivity contribution in [1.29, 1.82) is 0 Å². The topological polar surface area (TPSA) is 130 Å². The molecule has 10 heteroatoms. The SMILES string of the molecule is NS(=O)(=O)c1ccc(CNC(=O)C(=O)N2CCN(C=O)CC2)cc1. The summed E-state index contributed by atoms with van der Waals surface area (Å²) in [5, 5.41) is 7.48. The van der Waals surface area contributed by atoms with E-state index in [0.29, 0.717) is 38.2 Å². The van der Waals surface area contributed by atoms with Crippen LogP contribution in [-0.4, -0.2) is 62.6 Å². The molecule has 3 N–H and O–H groups in total. The van der Waals surface area contributed by atoms with Gasteiger partial charge in [-0.1, -0.05) is 12.1 Å². The van der Waals surface area contributed by atoms with Crippen molar-refractivity contribution in [1.82, 2.24) is 15.1 Å². The minimum Gasteiger partial charge on any atom is -0.344 e. The van der Waals surface area contributed by atoms with Gasteiger partial charge in [0.25, 0.3) is 0 Å². The van der Waals surface area contributed by atoms with Crippen LogP contribution in [0.15, 0.2) is 29.2 Å². The van der Waals surface area contributed by atoms with Crippen molar-refractivity contribution in [3.05, 3.63) is 29.8 Å². The van der Waals surface area contributed by atoms with Gasteiger partial charge >= 0.3 is 11.8 Å². The minimum absolute atomic E-state index is 0.0262. The predicted molar refractivity (Wildman–Crippen MR) is 83.9 cm³/mol. The Morgan fingerprint density at radius 1 is 1.12 bits per heavy atom. The average Bonchev–Trinajstić information content (AvgIpc) is 2.58. The van der Waals surface area contributed by atoms with Crippen molar-refractivity contribution in [2.24, 2.45) is 5.14 Å². The highest BCUT2D eigenvalue weighted by atomic mass is 32.2. The van der Waals surface area contributed by atoms with E-state index in [-0.39, 0.29) is 11.4 Å². The summed E-state index contributed by atoms with van der Waals surface area (Å²) in [5.74, 6) is -1.40. The molecule has 0 saturated carbocycles. The standard InChI is InChI=1S/C14H18N4O5S/c15-24(22,23)12-3-1-11(2-4-12)9-16-13(20)14(21)18-7-5-17(10-19)6-8-18/h1-4,10H,5-9H2,(H,16,20)(H2,15,22,23). The number of benzene rings is 1. The van der Waals surface area contributed by atoms with E-state index >= 15 is 0 Å². The van der Waals surface area contributed by atoms with Gasteiger partial charge in [0.05, 0.1) is 4.90 Å². The lowest BCUT2D eigenvalue weighted by Crippen LogP contribution is -2.52. The van der Waals surface area contributed by atoms with E-state index in [1.54, 1.807) is 0 Å². The molecular weight excluding hydrogens is 336 g/mol. The number of nitrogens with two attached hydrogens (primary N) is 1. The van der Waals surface area contributed by atoms with Crippen LogP contribution in [0.4, 0.5) is 0 Å². The Kier molecular flexibility index (Phi) is 5.52. The molecular formula is C14H18N4O5S. The van der Waals surface area contributed by atoms with Crippen LogP contribution in [0.3, 0.4) is 0 Å². The van der Waals surface area contributed by atoms with Gasteiger partial charge in [0.1, 0.15) is 0 Å². The molecule has 1 aliphatic heterocycles. The molecule has 2 rings (SSSR count). The number of hydrogen-bond acceptors (Lipinski definition) is 5. The molecule has 3 amide bonds. The number of primary sulfonamides is 1. The molecule has 0 aromatic heterocycles. The highest BCUT2D eigenvalue weighted by Gasteiger charge is 2.25. The summed E-state index contributed by atoms with van der Waals surface area (Å²) in [7, 11) is -3.76. The highest BCUT2D eigenvalue weighted by Crippen LogP contribution is 2.08. The van der Waals surface area contributed by atoms with Crippen LogP contribution in [0.5, 0.6) is 0 Å². The molecule has 1 saturated heterocycles. The Bertz CT molecular complexity index is 724. The first kappa shape index (κ1) is 17.9. The molecule has 1 fully saturated rings. The number of sulfonamides is 1. The van der Waals surface area contributed by atoms with Gasteiger partial charge < -0.3 is 15.1 Å². The maximum absolute atomic E-state index is 12.0. The molecule has 0 atom stereocenters. The van der Waals surface area contributed by atoms with E-state index in [1.165, 1.54) is 34.1 Å². The largest absolute Gasteiger partial charge is 0.344 e. The van der Waals surface area contributed by atoms with E-state index in [0.717, 1.165) is 0 Å². The molecule has 0 radical (unpaired) electrons. The van der Waals surface area contributed by atoms with Crippen molar-refractivity contribution >= 4 is 28.2 Å². The number of piperazine rings is 1. The van der Waals surface area contributed by atoms with E-state index < -0.39 is 21.8 Å². The van der Waals surface area contributed by atoms with Crippen molar-refractivity contribution in [3.63, 3.8) is 0 Å². The zero-order valence-electron chi connectivity index (χ0n) is 12.8. The Morgan fingerprint density at radius 2 is 1.71 bits per heavy atom. The Morgan fingerprint density at radius 3 is 2.21 bits per heavy atom.